The summed E-state index contributed by atoms with van der Waals surface area (Å²) in [5, 5.41) is 2.46. The van der Waals surface area contributed by atoms with Crippen LogP contribution in [0.3, 0.4) is 0 Å². The van der Waals surface area contributed by atoms with Crippen molar-refractivity contribution in [2.75, 3.05) is 25.6 Å². The van der Waals surface area contributed by atoms with E-state index in [1.165, 1.54) is 13.2 Å². The minimum absolute atomic E-state index is 0.101. The summed E-state index contributed by atoms with van der Waals surface area (Å²) in [7, 11) is 1.24. The molecular weight excluding hydrogens is 403 g/mol. The first-order valence-electron chi connectivity index (χ1n) is 8.94. The molecule has 0 radical (unpaired) electrons. The van der Waals surface area contributed by atoms with Crippen LogP contribution in [-0.4, -0.2) is 32.2 Å². The van der Waals surface area contributed by atoms with Gasteiger partial charge in [0.05, 0.1) is 19.3 Å². The minimum Gasteiger partial charge on any atom is -0.490 e. The first kappa shape index (κ1) is 21.2. The van der Waals surface area contributed by atoms with Crippen molar-refractivity contribution in [3.63, 3.8) is 0 Å². The maximum atomic E-state index is 12.9. The molecule has 1 N–H and O–H groups in total. The average Bonchev–Trinajstić information content (AvgIpc) is 3.01. The fourth-order valence-corrected chi connectivity index (χ4v) is 2.88. The standard InChI is InChI=1S/C21H18F3NO5/c1-3-29-18-9-12(4-7-17(18)30-11-19(26)28-2)8-15-14-6-5-13(21(22,23)24)10-16(14)25-20(15)27/h4-10H,3,11H2,1-2H3,(H,25,27)/b15-8-. The van der Waals surface area contributed by atoms with Crippen LogP contribution >= 0.6 is 0 Å². The Morgan fingerprint density at radius 1 is 1.10 bits per heavy atom. The van der Waals surface area contributed by atoms with Crippen LogP contribution in [-0.2, 0) is 20.5 Å². The van der Waals surface area contributed by atoms with Crippen molar-refractivity contribution < 1.29 is 37.0 Å². The summed E-state index contributed by atoms with van der Waals surface area (Å²) in [6.45, 7) is 1.81. The van der Waals surface area contributed by atoms with Crippen LogP contribution in [0.25, 0.3) is 11.6 Å². The number of methoxy groups -OCH3 is 1. The Morgan fingerprint density at radius 2 is 1.87 bits per heavy atom. The second-order valence-corrected chi connectivity index (χ2v) is 6.27. The number of hydrogen-bond acceptors (Lipinski definition) is 5. The SMILES string of the molecule is CCOc1cc(/C=C2\C(=O)Nc3cc(C(F)(F)F)ccc32)ccc1OCC(=O)OC. The minimum atomic E-state index is -4.50. The van der Waals surface area contributed by atoms with E-state index in [9.17, 15) is 22.8 Å². The van der Waals surface area contributed by atoms with Crippen molar-refractivity contribution in [1.29, 1.82) is 0 Å². The molecule has 1 aliphatic heterocycles. The first-order valence-corrected chi connectivity index (χ1v) is 8.94. The topological polar surface area (TPSA) is 73.9 Å². The second-order valence-electron chi connectivity index (χ2n) is 6.27. The predicted octanol–water partition coefficient (Wildman–Crippen LogP) is 4.15. The number of halogens is 3. The molecule has 0 atom stereocenters. The molecule has 2 aromatic carbocycles. The van der Waals surface area contributed by atoms with Gasteiger partial charge < -0.3 is 19.5 Å². The molecule has 158 valence electrons. The maximum Gasteiger partial charge on any atom is 0.416 e. The van der Waals surface area contributed by atoms with E-state index in [-0.39, 0.29) is 17.9 Å². The molecule has 0 unspecified atom stereocenters. The molecular formula is C21H18F3NO5. The Hall–Kier alpha value is -3.49. The summed E-state index contributed by atoms with van der Waals surface area (Å²) < 4.78 is 54.2. The molecule has 1 heterocycles. The lowest BCUT2D eigenvalue weighted by molar-refractivity contribution is -0.143. The smallest absolute Gasteiger partial charge is 0.416 e. The molecule has 9 heteroatoms. The lowest BCUT2D eigenvalue weighted by Gasteiger charge is -2.12. The molecule has 0 aliphatic carbocycles. The maximum absolute atomic E-state index is 12.9. The third-order valence-corrected chi connectivity index (χ3v) is 4.28. The highest BCUT2D eigenvalue weighted by Crippen LogP contribution is 2.39. The number of nitrogens with one attached hydrogen (secondary N) is 1. The Morgan fingerprint density at radius 3 is 2.53 bits per heavy atom. The van der Waals surface area contributed by atoms with Gasteiger partial charge in [0.2, 0.25) is 0 Å². The van der Waals surface area contributed by atoms with Gasteiger partial charge in [-0.2, -0.15) is 13.2 Å². The third-order valence-electron chi connectivity index (χ3n) is 4.28. The van der Waals surface area contributed by atoms with Crippen molar-refractivity contribution in [3.05, 3.63) is 53.1 Å². The second kappa shape index (κ2) is 8.48. The Labute approximate surface area is 170 Å². The van der Waals surface area contributed by atoms with E-state index in [1.807, 2.05) is 0 Å². The summed E-state index contributed by atoms with van der Waals surface area (Å²) in [5.74, 6) is -0.397. The first-order chi connectivity index (χ1) is 14.2. The monoisotopic (exact) mass is 421 g/mol. The van der Waals surface area contributed by atoms with Gasteiger partial charge in [-0.3, -0.25) is 4.79 Å². The highest BCUT2D eigenvalue weighted by molar-refractivity contribution is 6.34. The van der Waals surface area contributed by atoms with Crippen molar-refractivity contribution in [2.24, 2.45) is 0 Å². The van der Waals surface area contributed by atoms with E-state index in [0.717, 1.165) is 12.1 Å². The summed E-state index contributed by atoms with van der Waals surface area (Å²) in [5.41, 5.74) is 0.431. The van der Waals surface area contributed by atoms with E-state index in [2.05, 4.69) is 10.1 Å². The molecule has 2 aromatic rings. The molecule has 0 saturated heterocycles. The van der Waals surface area contributed by atoms with Gasteiger partial charge in [-0.25, -0.2) is 4.79 Å². The number of amides is 1. The quantitative estimate of drug-likeness (QED) is 0.560. The normalized spacial score (nSPS) is 14.3. The van der Waals surface area contributed by atoms with Gasteiger partial charge in [-0.05, 0) is 42.8 Å². The number of esters is 1. The molecule has 1 amide bonds. The fraction of sp³-hybridized carbons (Fsp3) is 0.238. The molecule has 3 rings (SSSR count). The van der Waals surface area contributed by atoms with Crippen molar-refractivity contribution >= 4 is 29.2 Å². The van der Waals surface area contributed by atoms with E-state index >= 15 is 0 Å². The predicted molar refractivity (Wildman–Crippen MR) is 103 cm³/mol. The highest BCUT2D eigenvalue weighted by Gasteiger charge is 2.33. The number of hydrogen-bond donors (Lipinski definition) is 1. The Kier molecular flexibility index (Phi) is 6.00. The number of carbonyl (C=O) groups excluding carboxylic acids is 2. The average molecular weight is 421 g/mol. The lowest BCUT2D eigenvalue weighted by atomic mass is 10.0. The third kappa shape index (κ3) is 4.56. The Bertz CT molecular complexity index is 1010. The van der Waals surface area contributed by atoms with Crippen LogP contribution in [0.15, 0.2) is 36.4 Å². The summed E-state index contributed by atoms with van der Waals surface area (Å²) in [6.07, 6.45) is -2.96. The molecule has 0 saturated carbocycles. The molecule has 0 fully saturated rings. The largest absolute Gasteiger partial charge is 0.490 e. The molecule has 0 bridgehead atoms. The van der Waals surface area contributed by atoms with Crippen LogP contribution < -0.4 is 14.8 Å². The van der Waals surface area contributed by atoms with Crippen LogP contribution in [0.4, 0.5) is 18.9 Å². The number of carbonyl (C=O) groups is 2. The van der Waals surface area contributed by atoms with Crippen molar-refractivity contribution in [1.82, 2.24) is 0 Å². The van der Waals surface area contributed by atoms with Gasteiger partial charge in [-0.15, -0.1) is 0 Å². The summed E-state index contributed by atoms with van der Waals surface area (Å²) in [6, 6.07) is 7.92. The fourth-order valence-electron chi connectivity index (χ4n) is 2.88. The van der Waals surface area contributed by atoms with E-state index in [0.29, 0.717) is 29.2 Å². The zero-order valence-corrected chi connectivity index (χ0v) is 16.1. The van der Waals surface area contributed by atoms with E-state index in [1.54, 1.807) is 31.2 Å². The number of anilines is 1. The van der Waals surface area contributed by atoms with Crippen LogP contribution in [0, 0.1) is 0 Å². The Balaban J connectivity index is 1.92. The van der Waals surface area contributed by atoms with Gasteiger partial charge in [0.15, 0.2) is 18.1 Å². The van der Waals surface area contributed by atoms with Gasteiger partial charge in [-0.1, -0.05) is 12.1 Å². The van der Waals surface area contributed by atoms with Gasteiger partial charge >= 0.3 is 12.1 Å². The zero-order chi connectivity index (χ0) is 21.9. The number of alkyl halides is 3. The van der Waals surface area contributed by atoms with E-state index in [4.69, 9.17) is 9.47 Å². The molecule has 0 spiro atoms. The zero-order valence-electron chi connectivity index (χ0n) is 16.1. The number of rotatable bonds is 6. The van der Waals surface area contributed by atoms with Gasteiger partial charge in [0.25, 0.3) is 5.91 Å². The number of benzene rings is 2. The molecule has 30 heavy (non-hydrogen) atoms. The summed E-state index contributed by atoms with van der Waals surface area (Å²) >= 11 is 0. The lowest BCUT2D eigenvalue weighted by Crippen LogP contribution is -2.13. The van der Waals surface area contributed by atoms with E-state index < -0.39 is 23.6 Å². The number of ether oxygens (including phenoxy) is 3. The van der Waals surface area contributed by atoms with Crippen molar-refractivity contribution in [2.45, 2.75) is 13.1 Å². The van der Waals surface area contributed by atoms with Crippen LogP contribution in [0.2, 0.25) is 0 Å². The summed E-state index contributed by atoms with van der Waals surface area (Å²) in [4.78, 5) is 23.6. The molecule has 1 aliphatic rings. The van der Waals surface area contributed by atoms with Gasteiger partial charge in [0, 0.05) is 16.8 Å². The number of fused-ring (bicyclic) bond motifs is 1. The molecule has 0 aromatic heterocycles. The van der Waals surface area contributed by atoms with Gasteiger partial charge in [0.1, 0.15) is 0 Å². The van der Waals surface area contributed by atoms with Crippen LogP contribution in [0.5, 0.6) is 11.5 Å². The molecule has 6 nitrogen and oxygen atoms in total. The van der Waals surface area contributed by atoms with Crippen molar-refractivity contribution in [3.8, 4) is 11.5 Å². The van der Waals surface area contributed by atoms with Crippen LogP contribution in [0.1, 0.15) is 23.6 Å². The highest BCUT2D eigenvalue weighted by atomic mass is 19.4.